The number of hydrogen-bond donors (Lipinski definition) is 2. The number of piperidine rings is 2. The zero-order valence-corrected chi connectivity index (χ0v) is 23.0. The summed E-state index contributed by atoms with van der Waals surface area (Å²) in [5.74, 6) is 2.03. The molecule has 5 rings (SSSR count). The average molecular weight is 518 g/mol. The molecule has 0 unspecified atom stereocenters. The maximum atomic E-state index is 13.5. The van der Waals surface area contributed by atoms with Gasteiger partial charge in [-0.25, -0.2) is 9.97 Å². The fourth-order valence-electron chi connectivity index (χ4n) is 6.51. The Morgan fingerprint density at radius 1 is 0.921 bits per heavy atom. The molecule has 8 heteroatoms. The number of benzene rings is 1. The van der Waals surface area contributed by atoms with E-state index >= 15 is 0 Å². The monoisotopic (exact) mass is 517 g/mol. The second kappa shape index (κ2) is 12.3. The Morgan fingerprint density at radius 2 is 1.55 bits per heavy atom. The number of hydrogen-bond acceptors (Lipinski definition) is 5. The zero-order chi connectivity index (χ0) is 26.4. The summed E-state index contributed by atoms with van der Waals surface area (Å²) in [4.78, 5) is 35.8. The molecule has 2 aliphatic rings. The van der Waals surface area contributed by atoms with Crippen molar-refractivity contribution < 1.29 is 4.79 Å². The molecule has 1 amide bonds. The fourth-order valence-corrected chi connectivity index (χ4v) is 6.51. The first-order valence-corrected chi connectivity index (χ1v) is 14.4. The van der Waals surface area contributed by atoms with E-state index in [1.54, 1.807) is 12.4 Å². The normalized spacial score (nSPS) is 18.1. The number of aromatic amines is 2. The fraction of sp³-hybridized carbons (Fsp3) is 0.567. The summed E-state index contributed by atoms with van der Waals surface area (Å²) >= 11 is 0. The van der Waals surface area contributed by atoms with Crippen molar-refractivity contribution in [3.05, 3.63) is 71.8 Å². The molecule has 3 aromatic rings. The van der Waals surface area contributed by atoms with E-state index in [4.69, 9.17) is 0 Å². The number of H-pyrrole nitrogens is 2. The van der Waals surface area contributed by atoms with Gasteiger partial charge in [0.05, 0.1) is 13.1 Å². The number of nitrogens with zero attached hydrogens (tertiary/aromatic N) is 5. The molecule has 8 nitrogen and oxygen atoms in total. The summed E-state index contributed by atoms with van der Waals surface area (Å²) in [6.45, 7) is 10.9. The molecular formula is C30H43N7O. The minimum Gasteiger partial charge on any atom is -0.348 e. The minimum absolute atomic E-state index is 0.182. The van der Waals surface area contributed by atoms with Crippen molar-refractivity contribution in [3.63, 3.8) is 0 Å². The summed E-state index contributed by atoms with van der Waals surface area (Å²) < 4.78 is 0. The Balaban J connectivity index is 1.20. The topological polar surface area (TPSA) is 84.2 Å². The predicted octanol–water partition coefficient (Wildman–Crippen LogP) is 4.84. The van der Waals surface area contributed by atoms with E-state index in [0.29, 0.717) is 24.5 Å². The van der Waals surface area contributed by atoms with Gasteiger partial charge in [-0.15, -0.1) is 0 Å². The van der Waals surface area contributed by atoms with Crippen LogP contribution in [0.5, 0.6) is 0 Å². The quantitative estimate of drug-likeness (QED) is 0.402. The van der Waals surface area contributed by atoms with E-state index in [0.717, 1.165) is 43.3 Å². The molecule has 2 N–H and O–H groups in total. The molecule has 2 aliphatic heterocycles. The molecule has 0 atom stereocenters. The average Bonchev–Trinajstić information content (AvgIpc) is 3.65. The van der Waals surface area contributed by atoms with Crippen molar-refractivity contribution in [3.8, 4) is 0 Å². The summed E-state index contributed by atoms with van der Waals surface area (Å²) in [5.41, 5.74) is 2.27. The number of rotatable bonds is 10. The van der Waals surface area contributed by atoms with Gasteiger partial charge in [0, 0.05) is 56.0 Å². The number of nitrogens with one attached hydrogen (secondary N) is 2. The summed E-state index contributed by atoms with van der Waals surface area (Å²) in [7, 11) is 0. The third-order valence-corrected chi connectivity index (χ3v) is 8.73. The van der Waals surface area contributed by atoms with E-state index in [-0.39, 0.29) is 5.91 Å². The van der Waals surface area contributed by atoms with Crippen LogP contribution in [0.2, 0.25) is 0 Å². The van der Waals surface area contributed by atoms with Crippen LogP contribution in [0.1, 0.15) is 79.9 Å². The number of carbonyl (C=O) groups excluding carboxylic acids is 1. The SMILES string of the molecule is CCC(CC)N1CCC2(CCCN(C(=O)c3ccc(CN(Cc4ncc[nH]4)Cc4ncc[nH]4)cc3)C2)CC1. The predicted molar refractivity (Wildman–Crippen MR) is 149 cm³/mol. The van der Waals surface area contributed by atoms with Gasteiger partial charge in [-0.3, -0.25) is 9.69 Å². The smallest absolute Gasteiger partial charge is 0.253 e. The molecule has 2 saturated heterocycles. The summed E-state index contributed by atoms with van der Waals surface area (Å²) in [6, 6.07) is 8.91. The maximum Gasteiger partial charge on any atom is 0.253 e. The van der Waals surface area contributed by atoms with Gasteiger partial charge in [0.2, 0.25) is 0 Å². The van der Waals surface area contributed by atoms with E-state index in [2.05, 4.69) is 60.6 Å². The molecule has 2 aromatic heterocycles. The van der Waals surface area contributed by atoms with Crippen LogP contribution in [0.3, 0.4) is 0 Å². The van der Waals surface area contributed by atoms with E-state index in [1.807, 2.05) is 24.5 Å². The third-order valence-electron chi connectivity index (χ3n) is 8.73. The molecular weight excluding hydrogens is 474 g/mol. The first-order valence-electron chi connectivity index (χ1n) is 14.4. The molecule has 4 heterocycles. The summed E-state index contributed by atoms with van der Waals surface area (Å²) in [6.07, 6.45) is 14.5. The highest BCUT2D eigenvalue weighted by atomic mass is 16.2. The molecule has 0 aliphatic carbocycles. The number of imidazole rings is 2. The Hall–Kier alpha value is -2.97. The number of likely N-dealkylation sites (tertiary alicyclic amines) is 2. The second-order valence-corrected chi connectivity index (χ2v) is 11.3. The van der Waals surface area contributed by atoms with Crippen LogP contribution in [0.15, 0.2) is 49.1 Å². The van der Waals surface area contributed by atoms with Crippen molar-refractivity contribution in [2.45, 2.75) is 78.0 Å². The summed E-state index contributed by atoms with van der Waals surface area (Å²) in [5, 5.41) is 0. The van der Waals surface area contributed by atoms with Gasteiger partial charge in [-0.05, 0) is 74.7 Å². The van der Waals surface area contributed by atoms with E-state index in [9.17, 15) is 4.79 Å². The highest BCUT2D eigenvalue weighted by molar-refractivity contribution is 5.94. The zero-order valence-electron chi connectivity index (χ0n) is 23.0. The van der Waals surface area contributed by atoms with Crippen LogP contribution in [0.4, 0.5) is 0 Å². The minimum atomic E-state index is 0.182. The van der Waals surface area contributed by atoms with Gasteiger partial charge >= 0.3 is 0 Å². The van der Waals surface area contributed by atoms with Crippen molar-refractivity contribution in [2.24, 2.45) is 5.41 Å². The molecule has 38 heavy (non-hydrogen) atoms. The lowest BCUT2D eigenvalue weighted by atomic mass is 9.72. The van der Waals surface area contributed by atoms with Gasteiger partial charge in [-0.2, -0.15) is 0 Å². The molecule has 0 radical (unpaired) electrons. The Kier molecular flexibility index (Phi) is 8.59. The maximum absolute atomic E-state index is 13.5. The van der Waals surface area contributed by atoms with Gasteiger partial charge < -0.3 is 19.8 Å². The molecule has 1 spiro atoms. The lowest BCUT2D eigenvalue weighted by Crippen LogP contribution is -2.52. The van der Waals surface area contributed by atoms with Crippen LogP contribution in [-0.2, 0) is 19.6 Å². The van der Waals surface area contributed by atoms with Crippen molar-refractivity contribution >= 4 is 5.91 Å². The second-order valence-electron chi connectivity index (χ2n) is 11.3. The number of carbonyl (C=O) groups is 1. The van der Waals surface area contributed by atoms with Crippen LogP contribution in [0.25, 0.3) is 0 Å². The van der Waals surface area contributed by atoms with Crippen molar-refractivity contribution in [1.29, 1.82) is 0 Å². The van der Waals surface area contributed by atoms with E-state index in [1.165, 1.54) is 50.8 Å². The molecule has 0 bridgehead atoms. The molecule has 2 fully saturated rings. The largest absolute Gasteiger partial charge is 0.348 e. The van der Waals surface area contributed by atoms with Crippen LogP contribution in [-0.4, -0.2) is 72.8 Å². The highest BCUT2D eigenvalue weighted by Gasteiger charge is 2.40. The standard InChI is InChI=1S/C30H43N7O/c1-3-26(4-2)36-18-11-30(12-19-36)10-5-17-37(23-30)29(38)25-8-6-24(7-9-25)20-35(21-27-31-13-14-32-27)22-28-33-15-16-34-28/h6-9,13-16,26H,3-5,10-12,17-23H2,1-2H3,(H,31,32)(H,33,34). The third kappa shape index (κ3) is 6.35. The van der Waals surface area contributed by atoms with Crippen molar-refractivity contribution in [2.75, 3.05) is 26.2 Å². The van der Waals surface area contributed by atoms with Crippen LogP contribution < -0.4 is 0 Å². The van der Waals surface area contributed by atoms with Crippen LogP contribution >= 0.6 is 0 Å². The molecule has 204 valence electrons. The van der Waals surface area contributed by atoms with E-state index < -0.39 is 0 Å². The van der Waals surface area contributed by atoms with Gasteiger partial charge in [0.25, 0.3) is 5.91 Å². The molecule has 0 saturated carbocycles. The van der Waals surface area contributed by atoms with Crippen LogP contribution in [0, 0.1) is 5.41 Å². The Labute approximate surface area is 226 Å². The van der Waals surface area contributed by atoms with Crippen molar-refractivity contribution in [1.82, 2.24) is 34.6 Å². The highest BCUT2D eigenvalue weighted by Crippen LogP contribution is 2.41. The van der Waals surface area contributed by atoms with Gasteiger partial charge in [0.15, 0.2) is 0 Å². The number of amides is 1. The first kappa shape index (κ1) is 26.6. The molecule has 1 aromatic carbocycles. The Bertz CT molecular complexity index is 1080. The van der Waals surface area contributed by atoms with Gasteiger partial charge in [0.1, 0.15) is 11.6 Å². The lowest BCUT2D eigenvalue weighted by Gasteiger charge is -2.49. The first-order chi connectivity index (χ1) is 18.6. The Morgan fingerprint density at radius 3 is 2.11 bits per heavy atom. The number of aromatic nitrogens is 4. The van der Waals surface area contributed by atoms with Gasteiger partial charge in [-0.1, -0.05) is 26.0 Å². The lowest BCUT2D eigenvalue weighted by molar-refractivity contribution is 0.0103.